The highest BCUT2D eigenvalue weighted by Crippen LogP contribution is 2.37. The second-order valence-corrected chi connectivity index (χ2v) is 11.3. The summed E-state index contributed by atoms with van der Waals surface area (Å²) in [4.78, 5) is 14.2. The zero-order chi connectivity index (χ0) is 22.0. The predicted molar refractivity (Wildman–Crippen MR) is 122 cm³/mol. The molecule has 2 aliphatic rings. The number of aryl methyl sites for hydroxylation is 1. The first kappa shape index (κ1) is 22.0. The van der Waals surface area contributed by atoms with E-state index in [4.69, 9.17) is 0 Å². The zero-order valence-electron chi connectivity index (χ0n) is 17.7. The maximum absolute atomic E-state index is 13.0. The first-order valence-electron chi connectivity index (χ1n) is 10.9. The van der Waals surface area contributed by atoms with Crippen molar-refractivity contribution < 1.29 is 13.2 Å². The third-order valence-electron chi connectivity index (χ3n) is 6.23. The van der Waals surface area contributed by atoms with Crippen LogP contribution in [-0.4, -0.2) is 31.2 Å². The fourth-order valence-corrected chi connectivity index (χ4v) is 7.40. The molecule has 1 aromatic carbocycles. The molecule has 1 fully saturated rings. The van der Waals surface area contributed by atoms with Crippen LogP contribution >= 0.6 is 11.3 Å². The van der Waals surface area contributed by atoms with E-state index < -0.39 is 10.0 Å². The lowest BCUT2D eigenvalue weighted by molar-refractivity contribution is 0.102. The molecule has 1 N–H and O–H groups in total. The standard InChI is InChI=1S/C23H27N3O3S2/c1-16-7-5-6-14-26(16)31(28,29)18-12-10-17(11-13-18)22(27)25-23-20(15-24)19-8-3-2-4-9-21(19)30-23/h10-13,16H,2-9,14H2,1H3,(H,25,27)/t16-/m0/s1. The molecule has 1 aliphatic carbocycles. The summed E-state index contributed by atoms with van der Waals surface area (Å²) in [6.45, 7) is 2.47. The van der Waals surface area contributed by atoms with Crippen molar-refractivity contribution in [1.82, 2.24) is 4.31 Å². The third-order valence-corrected chi connectivity index (χ3v) is 9.46. The van der Waals surface area contributed by atoms with Gasteiger partial charge in [-0.1, -0.05) is 12.8 Å². The van der Waals surface area contributed by atoms with E-state index in [1.165, 1.54) is 34.8 Å². The maximum atomic E-state index is 13.0. The number of piperidine rings is 1. The number of sulfonamides is 1. The number of anilines is 1. The Morgan fingerprint density at radius 3 is 2.58 bits per heavy atom. The minimum absolute atomic E-state index is 0.0137. The maximum Gasteiger partial charge on any atom is 0.256 e. The molecule has 8 heteroatoms. The number of benzene rings is 1. The molecule has 1 aliphatic heterocycles. The van der Waals surface area contributed by atoms with Gasteiger partial charge in [0.25, 0.3) is 5.91 Å². The number of carbonyl (C=O) groups excluding carboxylic acids is 1. The van der Waals surface area contributed by atoms with Crippen LogP contribution in [-0.2, 0) is 22.9 Å². The van der Waals surface area contributed by atoms with Gasteiger partial charge in [0.2, 0.25) is 10.0 Å². The second-order valence-electron chi connectivity index (χ2n) is 8.32. The molecule has 0 unspecified atom stereocenters. The van der Waals surface area contributed by atoms with Gasteiger partial charge in [-0.25, -0.2) is 8.42 Å². The summed E-state index contributed by atoms with van der Waals surface area (Å²) < 4.78 is 27.5. The topological polar surface area (TPSA) is 90.3 Å². The van der Waals surface area contributed by atoms with E-state index in [9.17, 15) is 18.5 Å². The number of nitrogens with zero attached hydrogens (tertiary/aromatic N) is 2. The van der Waals surface area contributed by atoms with Gasteiger partial charge in [-0.2, -0.15) is 9.57 Å². The van der Waals surface area contributed by atoms with Gasteiger partial charge < -0.3 is 5.32 Å². The van der Waals surface area contributed by atoms with Crippen LogP contribution in [0.4, 0.5) is 5.00 Å². The Morgan fingerprint density at radius 1 is 1.13 bits per heavy atom. The van der Waals surface area contributed by atoms with Crippen LogP contribution in [0, 0.1) is 11.3 Å². The van der Waals surface area contributed by atoms with Crippen molar-refractivity contribution >= 4 is 32.3 Å². The van der Waals surface area contributed by atoms with Gasteiger partial charge in [0.05, 0.1) is 10.5 Å². The number of hydrogen-bond donors (Lipinski definition) is 1. The number of thiophene rings is 1. The van der Waals surface area contributed by atoms with Crippen molar-refractivity contribution in [3.63, 3.8) is 0 Å². The minimum Gasteiger partial charge on any atom is -0.312 e. The Kier molecular flexibility index (Phi) is 6.47. The predicted octanol–water partition coefficient (Wildman–Crippen LogP) is 4.70. The molecule has 31 heavy (non-hydrogen) atoms. The molecule has 0 bridgehead atoms. The van der Waals surface area contributed by atoms with Crippen LogP contribution in [0.15, 0.2) is 29.2 Å². The summed E-state index contributed by atoms with van der Waals surface area (Å²) in [6.07, 6.45) is 7.96. The van der Waals surface area contributed by atoms with Crippen molar-refractivity contribution in [2.45, 2.75) is 69.2 Å². The van der Waals surface area contributed by atoms with Crippen LogP contribution < -0.4 is 5.32 Å². The fourth-order valence-electron chi connectivity index (χ4n) is 4.47. The number of amides is 1. The van der Waals surface area contributed by atoms with E-state index in [0.29, 0.717) is 22.7 Å². The van der Waals surface area contributed by atoms with Crippen LogP contribution in [0.25, 0.3) is 0 Å². The van der Waals surface area contributed by atoms with Crippen LogP contribution in [0.3, 0.4) is 0 Å². The highest BCUT2D eigenvalue weighted by atomic mass is 32.2. The van der Waals surface area contributed by atoms with E-state index in [1.807, 2.05) is 6.92 Å². The average molecular weight is 458 g/mol. The van der Waals surface area contributed by atoms with Crippen molar-refractivity contribution in [3.8, 4) is 6.07 Å². The molecule has 1 atom stereocenters. The Labute approximate surface area is 187 Å². The van der Waals surface area contributed by atoms with Gasteiger partial charge in [0.1, 0.15) is 11.1 Å². The molecular formula is C23H27N3O3S2. The molecule has 6 nitrogen and oxygen atoms in total. The molecule has 2 aromatic rings. The summed E-state index contributed by atoms with van der Waals surface area (Å²) in [7, 11) is -3.57. The lowest BCUT2D eigenvalue weighted by atomic mass is 10.1. The zero-order valence-corrected chi connectivity index (χ0v) is 19.3. The molecule has 0 saturated carbocycles. The van der Waals surface area contributed by atoms with E-state index in [0.717, 1.165) is 50.5 Å². The molecule has 0 spiro atoms. The molecule has 4 rings (SSSR count). The lowest BCUT2D eigenvalue weighted by Crippen LogP contribution is -2.41. The minimum atomic E-state index is -3.57. The normalized spacial score (nSPS) is 19.8. The number of nitriles is 1. The summed E-state index contributed by atoms with van der Waals surface area (Å²) in [5.41, 5.74) is 2.03. The highest BCUT2D eigenvalue weighted by molar-refractivity contribution is 7.89. The summed E-state index contributed by atoms with van der Waals surface area (Å²) in [6, 6.07) is 8.34. The van der Waals surface area contributed by atoms with Crippen LogP contribution in [0.2, 0.25) is 0 Å². The van der Waals surface area contributed by atoms with Crippen LogP contribution in [0.1, 0.15) is 71.8 Å². The summed E-state index contributed by atoms with van der Waals surface area (Å²) in [5.74, 6) is -0.330. The number of rotatable bonds is 4. The molecule has 1 aromatic heterocycles. The molecule has 0 radical (unpaired) electrons. The molecule has 164 valence electrons. The molecule has 2 heterocycles. The fraction of sp³-hybridized carbons (Fsp3) is 0.478. The van der Waals surface area contributed by atoms with Crippen molar-refractivity contribution in [2.75, 3.05) is 11.9 Å². The quantitative estimate of drug-likeness (QED) is 0.674. The van der Waals surface area contributed by atoms with Gasteiger partial charge in [-0.3, -0.25) is 4.79 Å². The van der Waals surface area contributed by atoms with E-state index >= 15 is 0 Å². The first-order chi connectivity index (χ1) is 14.9. The molecule has 1 amide bonds. The number of fused-ring (bicyclic) bond motifs is 1. The van der Waals surface area contributed by atoms with E-state index in [-0.39, 0.29) is 16.8 Å². The monoisotopic (exact) mass is 457 g/mol. The van der Waals surface area contributed by atoms with Crippen molar-refractivity contribution in [3.05, 3.63) is 45.8 Å². The summed E-state index contributed by atoms with van der Waals surface area (Å²) in [5, 5.41) is 13.1. The Hall–Kier alpha value is -2.21. The average Bonchev–Trinajstić information content (AvgIpc) is 2.92. The van der Waals surface area contributed by atoms with Crippen LogP contribution in [0.5, 0.6) is 0 Å². The number of nitrogens with one attached hydrogen (secondary N) is 1. The van der Waals surface area contributed by atoms with Gasteiger partial charge in [-0.15, -0.1) is 11.3 Å². The SMILES string of the molecule is C[C@H]1CCCCN1S(=O)(=O)c1ccc(C(=O)Nc2sc3c(c2C#N)CCCCC3)cc1. The van der Waals surface area contributed by atoms with E-state index in [2.05, 4.69) is 11.4 Å². The molecule has 1 saturated heterocycles. The first-order valence-corrected chi connectivity index (χ1v) is 13.2. The van der Waals surface area contributed by atoms with E-state index in [1.54, 1.807) is 16.4 Å². The lowest BCUT2D eigenvalue weighted by Gasteiger charge is -2.32. The van der Waals surface area contributed by atoms with Crippen molar-refractivity contribution in [1.29, 1.82) is 5.26 Å². The largest absolute Gasteiger partial charge is 0.312 e. The summed E-state index contributed by atoms with van der Waals surface area (Å²) >= 11 is 1.49. The third kappa shape index (κ3) is 4.40. The Bertz CT molecular complexity index is 1110. The highest BCUT2D eigenvalue weighted by Gasteiger charge is 2.31. The smallest absolute Gasteiger partial charge is 0.256 e. The number of carbonyl (C=O) groups is 1. The van der Waals surface area contributed by atoms with Gasteiger partial charge >= 0.3 is 0 Å². The van der Waals surface area contributed by atoms with Gasteiger partial charge in [0, 0.05) is 23.0 Å². The Morgan fingerprint density at radius 2 is 1.87 bits per heavy atom. The Balaban J connectivity index is 1.53. The van der Waals surface area contributed by atoms with Crippen molar-refractivity contribution in [2.24, 2.45) is 0 Å². The second kappa shape index (κ2) is 9.11. The molecular weight excluding hydrogens is 430 g/mol. The van der Waals surface area contributed by atoms with Gasteiger partial charge in [-0.05, 0) is 75.3 Å². The number of hydrogen-bond acceptors (Lipinski definition) is 5. The van der Waals surface area contributed by atoms with Gasteiger partial charge in [0.15, 0.2) is 0 Å².